The highest BCUT2D eigenvalue weighted by atomic mass is 19.1. The van der Waals surface area contributed by atoms with Gasteiger partial charge in [-0.25, -0.2) is 8.78 Å². The molecule has 29 heavy (non-hydrogen) atoms. The largest absolute Gasteiger partial charge is 0.503 e. The molecule has 2 aromatic rings. The van der Waals surface area contributed by atoms with Gasteiger partial charge in [0.1, 0.15) is 17.2 Å². The minimum atomic E-state index is -1.04. The van der Waals surface area contributed by atoms with Crippen LogP contribution in [0.15, 0.2) is 29.2 Å². The second-order valence-electron chi connectivity index (χ2n) is 6.95. The molecule has 2 amide bonds. The highest BCUT2D eigenvalue weighted by Crippen LogP contribution is 2.29. The first kappa shape index (κ1) is 19.1. The summed E-state index contributed by atoms with van der Waals surface area (Å²) in [5.74, 6) is -4.03. The van der Waals surface area contributed by atoms with Gasteiger partial charge in [-0.15, -0.1) is 0 Å². The average Bonchev–Trinajstić information content (AvgIpc) is 3.05. The van der Waals surface area contributed by atoms with Crippen LogP contribution < -0.4 is 10.7 Å². The number of hydrogen-bond acceptors (Lipinski definition) is 5. The van der Waals surface area contributed by atoms with Crippen LogP contribution in [0.3, 0.4) is 0 Å². The van der Waals surface area contributed by atoms with E-state index in [1.165, 1.54) is 15.5 Å². The Bertz CT molecular complexity index is 1060. The van der Waals surface area contributed by atoms with Crippen molar-refractivity contribution >= 4 is 11.8 Å². The van der Waals surface area contributed by atoms with E-state index in [1.807, 2.05) is 0 Å². The van der Waals surface area contributed by atoms with E-state index in [9.17, 15) is 28.3 Å². The lowest BCUT2D eigenvalue weighted by Gasteiger charge is -2.33. The lowest BCUT2D eigenvalue weighted by molar-refractivity contribution is 0.00624. The van der Waals surface area contributed by atoms with Crippen LogP contribution in [-0.4, -0.2) is 45.3 Å². The topological polar surface area (TPSA) is 101 Å². The predicted molar refractivity (Wildman–Crippen MR) is 95.3 cm³/mol. The summed E-state index contributed by atoms with van der Waals surface area (Å²) < 4.78 is 34.3. The van der Waals surface area contributed by atoms with Gasteiger partial charge in [0.15, 0.2) is 17.7 Å². The third kappa shape index (κ3) is 3.05. The summed E-state index contributed by atoms with van der Waals surface area (Å²) in [5, 5.41) is 12.6. The summed E-state index contributed by atoms with van der Waals surface area (Å²) in [6, 6.07) is 3.07. The Kier molecular flexibility index (Phi) is 4.58. The third-order valence-electron chi connectivity index (χ3n) is 5.09. The fourth-order valence-electron chi connectivity index (χ4n) is 3.60. The zero-order valence-corrected chi connectivity index (χ0v) is 15.3. The molecule has 1 aromatic heterocycles. The van der Waals surface area contributed by atoms with Gasteiger partial charge in [-0.05, 0) is 19.1 Å². The van der Waals surface area contributed by atoms with Crippen molar-refractivity contribution in [2.75, 3.05) is 6.61 Å². The summed E-state index contributed by atoms with van der Waals surface area (Å²) in [7, 11) is 0. The summed E-state index contributed by atoms with van der Waals surface area (Å²) in [6.45, 7) is 1.74. The molecule has 0 unspecified atom stereocenters. The molecule has 0 aliphatic carbocycles. The molecule has 0 bridgehead atoms. The second kappa shape index (κ2) is 6.96. The van der Waals surface area contributed by atoms with E-state index in [4.69, 9.17) is 4.74 Å². The van der Waals surface area contributed by atoms with Crippen molar-refractivity contribution in [1.82, 2.24) is 14.8 Å². The predicted octanol–water partition coefficient (Wildman–Crippen LogP) is 0.963. The van der Waals surface area contributed by atoms with Crippen LogP contribution in [-0.2, 0) is 17.8 Å². The first-order chi connectivity index (χ1) is 13.8. The molecule has 2 atom stereocenters. The van der Waals surface area contributed by atoms with Gasteiger partial charge < -0.3 is 24.6 Å². The number of carbonyl (C=O) groups is 2. The molecule has 152 valence electrons. The first-order valence-corrected chi connectivity index (χ1v) is 8.91. The molecule has 3 heterocycles. The number of rotatable bonds is 3. The molecule has 2 N–H and O–H groups in total. The van der Waals surface area contributed by atoms with Crippen molar-refractivity contribution in [1.29, 1.82) is 0 Å². The molecule has 1 aromatic carbocycles. The van der Waals surface area contributed by atoms with Gasteiger partial charge in [0, 0.05) is 18.3 Å². The highest BCUT2D eigenvalue weighted by Gasteiger charge is 2.42. The number of fused-ring (bicyclic) bond motifs is 2. The van der Waals surface area contributed by atoms with Crippen molar-refractivity contribution in [3.05, 3.63) is 63.1 Å². The molecule has 4 rings (SSSR count). The standard InChI is InChI=1S/C19H17F2N3O5/c1-9-8-29-14-7-23-6-11(16(25)17(26)15(23)19(28)24(9)14)18(27)22-5-10-12(20)3-2-4-13(10)21/h2-4,6,9,14,26H,5,7-8H2,1H3,(H,22,27)/t9-,14+/m0/s1. The minimum Gasteiger partial charge on any atom is -0.503 e. The Morgan fingerprint density at radius 3 is 2.69 bits per heavy atom. The SMILES string of the molecule is C[C@H]1CO[C@@H]2Cn3cc(C(=O)NCc4c(F)cccc4F)c(=O)c(O)c3C(=O)N12. The van der Waals surface area contributed by atoms with Gasteiger partial charge in [0.2, 0.25) is 5.43 Å². The minimum absolute atomic E-state index is 0.126. The van der Waals surface area contributed by atoms with E-state index in [-0.39, 0.29) is 23.8 Å². The van der Waals surface area contributed by atoms with Gasteiger partial charge >= 0.3 is 0 Å². The Hall–Kier alpha value is -3.27. The number of amides is 2. The van der Waals surface area contributed by atoms with Gasteiger partial charge in [-0.1, -0.05) is 6.07 Å². The number of halogens is 2. The number of carbonyl (C=O) groups excluding carboxylic acids is 2. The highest BCUT2D eigenvalue weighted by molar-refractivity contribution is 5.99. The number of hydrogen-bond donors (Lipinski definition) is 2. The number of pyridine rings is 1. The van der Waals surface area contributed by atoms with E-state index in [0.29, 0.717) is 6.61 Å². The zero-order chi connectivity index (χ0) is 20.9. The van der Waals surface area contributed by atoms with Crippen molar-refractivity contribution in [3.63, 3.8) is 0 Å². The Morgan fingerprint density at radius 1 is 1.31 bits per heavy atom. The van der Waals surface area contributed by atoms with E-state index >= 15 is 0 Å². The average molecular weight is 405 g/mol. The van der Waals surface area contributed by atoms with Crippen molar-refractivity contribution < 1.29 is 28.2 Å². The van der Waals surface area contributed by atoms with Crippen molar-refractivity contribution in [3.8, 4) is 5.75 Å². The lowest BCUT2D eigenvalue weighted by atomic mass is 10.1. The maximum atomic E-state index is 13.7. The van der Waals surface area contributed by atoms with Gasteiger partial charge in [0.05, 0.1) is 19.2 Å². The molecule has 8 nitrogen and oxygen atoms in total. The number of nitrogens with zero attached hydrogens (tertiary/aromatic N) is 2. The van der Waals surface area contributed by atoms with E-state index < -0.39 is 53.0 Å². The van der Waals surface area contributed by atoms with E-state index in [2.05, 4.69) is 5.32 Å². The summed E-state index contributed by atoms with van der Waals surface area (Å²) >= 11 is 0. The van der Waals surface area contributed by atoms with Crippen LogP contribution in [0.4, 0.5) is 8.78 Å². The molecular formula is C19H17F2N3O5. The van der Waals surface area contributed by atoms with Gasteiger partial charge in [-0.2, -0.15) is 0 Å². The molecule has 0 saturated carbocycles. The third-order valence-corrected chi connectivity index (χ3v) is 5.09. The monoisotopic (exact) mass is 405 g/mol. The van der Waals surface area contributed by atoms with Gasteiger partial charge in [0.25, 0.3) is 11.8 Å². The van der Waals surface area contributed by atoms with Crippen LogP contribution in [0.1, 0.15) is 33.3 Å². The van der Waals surface area contributed by atoms with E-state index in [0.717, 1.165) is 18.3 Å². The molecule has 0 radical (unpaired) electrons. The number of benzene rings is 1. The number of nitrogens with one attached hydrogen (secondary N) is 1. The van der Waals surface area contributed by atoms with Crippen LogP contribution >= 0.6 is 0 Å². The Balaban J connectivity index is 1.64. The smallest absolute Gasteiger partial charge is 0.276 e. The normalized spacial score (nSPS) is 20.4. The van der Waals surface area contributed by atoms with Crippen molar-refractivity contribution in [2.24, 2.45) is 0 Å². The summed E-state index contributed by atoms with van der Waals surface area (Å²) in [4.78, 5) is 39.1. The maximum absolute atomic E-state index is 13.7. The molecule has 0 spiro atoms. The number of aromatic nitrogens is 1. The number of ether oxygens (including phenoxy) is 1. The van der Waals surface area contributed by atoms with Crippen LogP contribution in [0.2, 0.25) is 0 Å². The quantitative estimate of drug-likeness (QED) is 0.792. The molecule has 10 heteroatoms. The van der Waals surface area contributed by atoms with Crippen LogP contribution in [0, 0.1) is 11.6 Å². The summed E-state index contributed by atoms with van der Waals surface area (Å²) in [6.07, 6.45) is 0.571. The van der Waals surface area contributed by atoms with Crippen LogP contribution in [0.25, 0.3) is 0 Å². The lowest BCUT2D eigenvalue weighted by Crippen LogP contribution is -2.49. The fourth-order valence-corrected chi connectivity index (χ4v) is 3.60. The molecule has 1 fully saturated rings. The second-order valence-corrected chi connectivity index (χ2v) is 6.95. The van der Waals surface area contributed by atoms with Crippen molar-refractivity contribution in [2.45, 2.75) is 32.3 Å². The number of aromatic hydroxyl groups is 1. The van der Waals surface area contributed by atoms with Crippen LogP contribution in [0.5, 0.6) is 5.75 Å². The molecule has 2 aliphatic heterocycles. The maximum Gasteiger partial charge on any atom is 0.276 e. The molecule has 1 saturated heterocycles. The van der Waals surface area contributed by atoms with Gasteiger partial charge in [-0.3, -0.25) is 14.4 Å². The molecule has 2 aliphatic rings. The fraction of sp³-hybridized carbons (Fsp3) is 0.316. The summed E-state index contributed by atoms with van der Waals surface area (Å²) in [5.41, 5.74) is -2.07. The molecular weight excluding hydrogens is 388 g/mol. The Labute approximate surface area is 163 Å². The van der Waals surface area contributed by atoms with E-state index in [1.54, 1.807) is 6.92 Å². The zero-order valence-electron chi connectivity index (χ0n) is 15.3. The Morgan fingerprint density at radius 2 is 2.00 bits per heavy atom. The first-order valence-electron chi connectivity index (χ1n) is 8.91.